The lowest BCUT2D eigenvalue weighted by molar-refractivity contribution is -0.0774. The Bertz CT molecular complexity index is 251. The second-order valence-corrected chi connectivity index (χ2v) is 6.21. The Hall–Kier alpha value is -0.160. The summed E-state index contributed by atoms with van der Waals surface area (Å²) >= 11 is 0. The van der Waals surface area contributed by atoms with Gasteiger partial charge in [-0.2, -0.15) is 0 Å². The van der Waals surface area contributed by atoms with Crippen molar-refractivity contribution in [3.05, 3.63) is 0 Å². The summed E-state index contributed by atoms with van der Waals surface area (Å²) in [6.45, 7) is 0. The Morgan fingerprint density at radius 3 is 2.06 bits per heavy atom. The standard InChI is InChI=1S/C14H27NO3/c15-11(8-9-4-2-1-3-5-9)13(17)14(18)12(16)10-6-7-10/h9-14,16-18H,1-8,15H2. The molecule has 2 rings (SSSR count). The number of nitrogens with two attached hydrogens (primary N) is 1. The third kappa shape index (κ3) is 3.67. The van der Waals surface area contributed by atoms with Crippen molar-refractivity contribution in [2.75, 3.05) is 0 Å². The van der Waals surface area contributed by atoms with Gasteiger partial charge in [-0.3, -0.25) is 0 Å². The van der Waals surface area contributed by atoms with Crippen LogP contribution in [0.1, 0.15) is 51.4 Å². The van der Waals surface area contributed by atoms with Gasteiger partial charge in [-0.1, -0.05) is 32.1 Å². The summed E-state index contributed by atoms with van der Waals surface area (Å²) in [4.78, 5) is 0. The van der Waals surface area contributed by atoms with E-state index in [0.717, 1.165) is 19.3 Å². The number of hydrogen-bond acceptors (Lipinski definition) is 4. The van der Waals surface area contributed by atoms with Crippen LogP contribution in [0.4, 0.5) is 0 Å². The predicted molar refractivity (Wildman–Crippen MR) is 69.9 cm³/mol. The van der Waals surface area contributed by atoms with Crippen LogP contribution in [0.3, 0.4) is 0 Å². The van der Waals surface area contributed by atoms with Crippen LogP contribution in [0.2, 0.25) is 0 Å². The fourth-order valence-electron chi connectivity index (χ4n) is 3.12. The molecule has 0 aromatic heterocycles. The highest BCUT2D eigenvalue weighted by molar-refractivity contribution is 4.92. The summed E-state index contributed by atoms with van der Waals surface area (Å²) in [6, 6.07) is -0.420. The van der Waals surface area contributed by atoms with Gasteiger partial charge in [-0.05, 0) is 31.1 Å². The molecule has 0 aliphatic heterocycles. The van der Waals surface area contributed by atoms with Crippen LogP contribution in [0.25, 0.3) is 0 Å². The Kier molecular flexibility index (Phi) is 5.01. The number of aliphatic hydroxyl groups excluding tert-OH is 3. The van der Waals surface area contributed by atoms with E-state index in [1.807, 2.05) is 0 Å². The smallest absolute Gasteiger partial charge is 0.107 e. The molecule has 2 aliphatic carbocycles. The van der Waals surface area contributed by atoms with Crippen molar-refractivity contribution in [3.63, 3.8) is 0 Å². The van der Waals surface area contributed by atoms with Gasteiger partial charge in [0.05, 0.1) is 12.2 Å². The first kappa shape index (κ1) is 14.3. The van der Waals surface area contributed by atoms with Gasteiger partial charge in [0.15, 0.2) is 0 Å². The van der Waals surface area contributed by atoms with E-state index in [9.17, 15) is 15.3 Å². The second kappa shape index (κ2) is 6.33. The topological polar surface area (TPSA) is 86.7 Å². The Morgan fingerprint density at radius 2 is 1.50 bits per heavy atom. The van der Waals surface area contributed by atoms with Gasteiger partial charge in [0.2, 0.25) is 0 Å². The molecule has 2 saturated carbocycles. The SMILES string of the molecule is NC(CC1CCCCC1)C(O)C(O)C(O)C1CC1. The number of aliphatic hydroxyl groups is 3. The maximum Gasteiger partial charge on any atom is 0.107 e. The van der Waals surface area contributed by atoms with Gasteiger partial charge in [0, 0.05) is 6.04 Å². The average molecular weight is 257 g/mol. The first-order valence-electron chi connectivity index (χ1n) is 7.39. The van der Waals surface area contributed by atoms with Gasteiger partial charge < -0.3 is 21.1 Å². The molecule has 2 aliphatic rings. The lowest BCUT2D eigenvalue weighted by Gasteiger charge is -2.31. The second-order valence-electron chi connectivity index (χ2n) is 6.21. The van der Waals surface area contributed by atoms with Crippen molar-refractivity contribution in [2.45, 2.75) is 75.7 Å². The summed E-state index contributed by atoms with van der Waals surface area (Å²) in [5.74, 6) is 0.741. The lowest BCUT2D eigenvalue weighted by Crippen LogP contribution is -2.49. The minimum Gasteiger partial charge on any atom is -0.390 e. The van der Waals surface area contributed by atoms with Gasteiger partial charge >= 0.3 is 0 Å². The first-order chi connectivity index (χ1) is 8.59. The molecule has 4 atom stereocenters. The molecule has 106 valence electrons. The third-order valence-corrected chi connectivity index (χ3v) is 4.57. The molecule has 0 saturated heterocycles. The molecule has 0 aromatic carbocycles. The minimum absolute atomic E-state index is 0.163. The largest absolute Gasteiger partial charge is 0.390 e. The molecule has 4 unspecified atom stereocenters. The molecule has 0 bridgehead atoms. The van der Waals surface area contributed by atoms with Crippen molar-refractivity contribution in [2.24, 2.45) is 17.6 Å². The Labute approximate surface area is 109 Å². The van der Waals surface area contributed by atoms with Crippen LogP contribution >= 0.6 is 0 Å². The van der Waals surface area contributed by atoms with E-state index >= 15 is 0 Å². The highest BCUT2D eigenvalue weighted by atomic mass is 16.4. The molecule has 4 heteroatoms. The van der Waals surface area contributed by atoms with E-state index in [4.69, 9.17) is 5.73 Å². The summed E-state index contributed by atoms with van der Waals surface area (Å²) in [6.07, 6.45) is 5.93. The summed E-state index contributed by atoms with van der Waals surface area (Å²) < 4.78 is 0. The highest BCUT2D eigenvalue weighted by Crippen LogP contribution is 2.35. The zero-order valence-electron chi connectivity index (χ0n) is 11.0. The molecule has 0 radical (unpaired) electrons. The van der Waals surface area contributed by atoms with Gasteiger partial charge in [-0.25, -0.2) is 0 Å². The van der Waals surface area contributed by atoms with Crippen LogP contribution in [-0.4, -0.2) is 39.7 Å². The number of rotatable bonds is 6. The fraction of sp³-hybridized carbons (Fsp3) is 1.00. The average Bonchev–Trinajstić information content (AvgIpc) is 3.21. The minimum atomic E-state index is -1.09. The van der Waals surface area contributed by atoms with Crippen LogP contribution in [0.5, 0.6) is 0 Å². The molecule has 0 heterocycles. The third-order valence-electron chi connectivity index (χ3n) is 4.57. The van der Waals surface area contributed by atoms with Crippen molar-refractivity contribution < 1.29 is 15.3 Å². The molecule has 4 nitrogen and oxygen atoms in total. The maximum atomic E-state index is 10.0. The van der Waals surface area contributed by atoms with Crippen molar-refractivity contribution >= 4 is 0 Å². The normalized spacial score (nSPS) is 28.7. The molecule has 18 heavy (non-hydrogen) atoms. The zero-order chi connectivity index (χ0) is 13.1. The van der Waals surface area contributed by atoms with Crippen LogP contribution in [0, 0.1) is 11.8 Å². The molecular formula is C14H27NO3. The molecular weight excluding hydrogens is 230 g/mol. The molecule has 0 amide bonds. The van der Waals surface area contributed by atoms with Crippen LogP contribution in [-0.2, 0) is 0 Å². The van der Waals surface area contributed by atoms with E-state index in [0.29, 0.717) is 5.92 Å². The predicted octanol–water partition coefficient (Wildman–Crippen LogP) is 0.777. The number of hydrogen-bond donors (Lipinski definition) is 4. The molecule has 0 aromatic rings. The van der Waals surface area contributed by atoms with E-state index in [-0.39, 0.29) is 5.92 Å². The Balaban J connectivity index is 1.77. The Morgan fingerprint density at radius 1 is 0.889 bits per heavy atom. The highest BCUT2D eigenvalue weighted by Gasteiger charge is 2.39. The summed E-state index contributed by atoms with van der Waals surface area (Å²) in [7, 11) is 0. The van der Waals surface area contributed by atoms with Gasteiger partial charge in [-0.15, -0.1) is 0 Å². The van der Waals surface area contributed by atoms with Crippen molar-refractivity contribution in [1.82, 2.24) is 0 Å². The van der Waals surface area contributed by atoms with Crippen molar-refractivity contribution in [3.8, 4) is 0 Å². The van der Waals surface area contributed by atoms with Gasteiger partial charge in [0.1, 0.15) is 6.10 Å². The molecule has 2 fully saturated rings. The first-order valence-corrected chi connectivity index (χ1v) is 7.39. The van der Waals surface area contributed by atoms with E-state index in [2.05, 4.69) is 0 Å². The van der Waals surface area contributed by atoms with Gasteiger partial charge in [0.25, 0.3) is 0 Å². The van der Waals surface area contributed by atoms with E-state index < -0.39 is 24.4 Å². The zero-order valence-corrected chi connectivity index (χ0v) is 11.0. The van der Waals surface area contributed by atoms with Crippen LogP contribution < -0.4 is 5.73 Å². The monoisotopic (exact) mass is 257 g/mol. The maximum absolute atomic E-state index is 10.0. The summed E-state index contributed by atoms with van der Waals surface area (Å²) in [5, 5.41) is 29.8. The van der Waals surface area contributed by atoms with Crippen molar-refractivity contribution in [1.29, 1.82) is 0 Å². The molecule has 0 spiro atoms. The van der Waals surface area contributed by atoms with E-state index in [1.54, 1.807) is 0 Å². The van der Waals surface area contributed by atoms with E-state index in [1.165, 1.54) is 32.1 Å². The van der Waals surface area contributed by atoms with Crippen LogP contribution in [0.15, 0.2) is 0 Å². The molecule has 5 N–H and O–H groups in total. The lowest BCUT2D eigenvalue weighted by atomic mass is 9.83. The summed E-state index contributed by atoms with van der Waals surface area (Å²) in [5.41, 5.74) is 5.99. The quantitative estimate of drug-likeness (QED) is 0.566. The fourth-order valence-corrected chi connectivity index (χ4v) is 3.12.